The van der Waals surface area contributed by atoms with Gasteiger partial charge in [0.05, 0.1) is 12.6 Å². The number of hydrogen-bond acceptors (Lipinski definition) is 2. The van der Waals surface area contributed by atoms with Crippen LogP contribution in [0.5, 0.6) is 0 Å². The van der Waals surface area contributed by atoms with Gasteiger partial charge >= 0.3 is 0 Å². The van der Waals surface area contributed by atoms with Crippen LogP contribution in [0.3, 0.4) is 0 Å². The molecule has 1 atom stereocenters. The average molecular weight is 287 g/mol. The topological polar surface area (TPSA) is 32.0 Å². The molecule has 4 nitrogen and oxygen atoms in total. The van der Waals surface area contributed by atoms with Crippen LogP contribution >= 0.6 is 0 Å². The van der Waals surface area contributed by atoms with Crippen LogP contribution in [0.4, 0.5) is 0 Å². The van der Waals surface area contributed by atoms with Crippen molar-refractivity contribution in [2.75, 3.05) is 13.2 Å². The number of aryl methyl sites for hydroxylation is 2. The van der Waals surface area contributed by atoms with Crippen LogP contribution in [-0.2, 0) is 10.2 Å². The highest BCUT2D eigenvalue weighted by Gasteiger charge is 2.28. The van der Waals surface area contributed by atoms with Crippen LogP contribution in [0, 0.1) is 13.8 Å². The lowest BCUT2D eigenvalue weighted by atomic mass is 9.91. The molecule has 0 spiro atoms. The normalized spacial score (nSPS) is 19.4. The largest absolute Gasteiger partial charge is 0.379 e. The lowest BCUT2D eigenvalue weighted by Crippen LogP contribution is -2.22. The Morgan fingerprint density at radius 3 is 2.38 bits per heavy atom. The number of aromatic nitrogens is 3. The highest BCUT2D eigenvalue weighted by atomic mass is 16.5. The molecule has 3 heterocycles. The van der Waals surface area contributed by atoms with Crippen molar-refractivity contribution >= 4 is 0 Å². The molecule has 1 saturated heterocycles. The van der Waals surface area contributed by atoms with Crippen LogP contribution < -0.4 is 0 Å². The van der Waals surface area contributed by atoms with Gasteiger partial charge in [-0.25, -0.2) is 0 Å². The molecule has 0 N–H and O–H groups in total. The monoisotopic (exact) mass is 287 g/mol. The third-order valence-corrected chi connectivity index (χ3v) is 4.24. The second-order valence-corrected chi connectivity index (χ2v) is 7.05. The van der Waals surface area contributed by atoms with Crippen molar-refractivity contribution in [1.29, 1.82) is 0 Å². The third kappa shape index (κ3) is 2.53. The van der Waals surface area contributed by atoms with Crippen molar-refractivity contribution in [3.8, 4) is 5.82 Å². The molecule has 4 heteroatoms. The Morgan fingerprint density at radius 1 is 1.19 bits per heavy atom. The fourth-order valence-corrected chi connectivity index (χ4v) is 3.07. The zero-order valence-electron chi connectivity index (χ0n) is 13.7. The molecule has 3 rings (SSSR count). The molecule has 1 aliphatic rings. The van der Waals surface area contributed by atoms with Crippen molar-refractivity contribution in [1.82, 2.24) is 14.3 Å². The summed E-state index contributed by atoms with van der Waals surface area (Å²) in [6, 6.07) is 6.88. The number of nitrogens with zero attached hydrogens (tertiary/aromatic N) is 3. The van der Waals surface area contributed by atoms with Crippen LogP contribution in [0.1, 0.15) is 50.3 Å². The molecular weight excluding hydrogens is 262 g/mol. The Morgan fingerprint density at radius 2 is 1.86 bits per heavy atom. The van der Waals surface area contributed by atoms with Gasteiger partial charge in [-0.05, 0) is 32.4 Å². The molecule has 0 amide bonds. The zero-order chi connectivity index (χ0) is 15.2. The molecular formula is C17H25N3O. The fraction of sp³-hybridized carbons (Fsp3) is 0.588. The van der Waals surface area contributed by atoms with Gasteiger partial charge in [-0.2, -0.15) is 5.10 Å². The molecule has 0 bridgehead atoms. The maximum Gasteiger partial charge on any atom is 0.159 e. The van der Waals surface area contributed by atoms with Gasteiger partial charge < -0.3 is 9.30 Å². The maximum atomic E-state index is 5.56. The Bertz CT molecular complexity index is 620. The quantitative estimate of drug-likeness (QED) is 0.846. The van der Waals surface area contributed by atoms with Crippen LogP contribution in [0.2, 0.25) is 0 Å². The highest BCUT2D eigenvalue weighted by molar-refractivity contribution is 5.35. The van der Waals surface area contributed by atoms with Gasteiger partial charge in [0.1, 0.15) is 0 Å². The van der Waals surface area contributed by atoms with E-state index in [1.54, 1.807) is 0 Å². The Hall–Kier alpha value is -1.55. The van der Waals surface area contributed by atoms with Gasteiger partial charge in [0.15, 0.2) is 5.82 Å². The Labute approximate surface area is 126 Å². The summed E-state index contributed by atoms with van der Waals surface area (Å²) in [5, 5.41) is 4.92. The van der Waals surface area contributed by atoms with Crippen molar-refractivity contribution < 1.29 is 4.74 Å². The maximum absolute atomic E-state index is 5.56. The summed E-state index contributed by atoms with van der Waals surface area (Å²) in [5.74, 6) is 1.02. The lowest BCUT2D eigenvalue weighted by molar-refractivity contribution is 0.183. The zero-order valence-corrected chi connectivity index (χ0v) is 13.7. The SMILES string of the molecule is Cc1ccc(C)n1-c1cc(C(C)(C)C)n([C@H]2CCOC2)n1. The first-order valence-corrected chi connectivity index (χ1v) is 7.71. The minimum atomic E-state index is 0.0722. The standard InChI is InChI=1S/C17H25N3O/c1-12-6-7-13(2)19(12)16-10-15(17(3,4)5)20(18-16)14-8-9-21-11-14/h6-7,10,14H,8-9,11H2,1-5H3/t14-/m0/s1. The van der Waals surface area contributed by atoms with Crippen molar-refractivity contribution in [2.24, 2.45) is 0 Å². The predicted molar refractivity (Wildman–Crippen MR) is 84.2 cm³/mol. The van der Waals surface area contributed by atoms with Gasteiger partial charge in [0, 0.05) is 35.2 Å². The van der Waals surface area contributed by atoms with Gasteiger partial charge in [0.25, 0.3) is 0 Å². The van der Waals surface area contributed by atoms with Crippen molar-refractivity contribution in [3.63, 3.8) is 0 Å². The smallest absolute Gasteiger partial charge is 0.159 e. The van der Waals surface area contributed by atoms with E-state index in [-0.39, 0.29) is 5.41 Å². The minimum Gasteiger partial charge on any atom is -0.379 e. The number of rotatable bonds is 2. The van der Waals surface area contributed by atoms with Crippen LogP contribution in [0.15, 0.2) is 18.2 Å². The first kappa shape index (κ1) is 14.4. The molecule has 1 fully saturated rings. The molecule has 0 aromatic carbocycles. The molecule has 21 heavy (non-hydrogen) atoms. The predicted octanol–water partition coefficient (Wildman–Crippen LogP) is 3.55. The van der Waals surface area contributed by atoms with E-state index in [9.17, 15) is 0 Å². The van der Waals surface area contributed by atoms with E-state index in [4.69, 9.17) is 9.84 Å². The molecule has 0 saturated carbocycles. The molecule has 0 unspecified atom stereocenters. The summed E-state index contributed by atoms with van der Waals surface area (Å²) in [4.78, 5) is 0. The lowest BCUT2D eigenvalue weighted by Gasteiger charge is -2.22. The van der Waals surface area contributed by atoms with Gasteiger partial charge in [-0.3, -0.25) is 4.68 Å². The second kappa shape index (κ2) is 5.02. The second-order valence-electron chi connectivity index (χ2n) is 7.05. The fourth-order valence-electron chi connectivity index (χ4n) is 3.07. The summed E-state index contributed by atoms with van der Waals surface area (Å²) >= 11 is 0. The van der Waals surface area contributed by atoms with E-state index in [1.807, 2.05) is 0 Å². The first-order valence-electron chi connectivity index (χ1n) is 7.71. The number of ether oxygens (including phenoxy) is 1. The van der Waals surface area contributed by atoms with E-state index in [1.165, 1.54) is 17.1 Å². The Kier molecular flexibility index (Phi) is 3.44. The average Bonchev–Trinajstić information content (AvgIpc) is 3.07. The molecule has 1 aliphatic heterocycles. The third-order valence-electron chi connectivity index (χ3n) is 4.24. The summed E-state index contributed by atoms with van der Waals surface area (Å²) < 4.78 is 9.98. The minimum absolute atomic E-state index is 0.0722. The summed E-state index contributed by atoms with van der Waals surface area (Å²) in [6.45, 7) is 12.6. The molecule has 0 aliphatic carbocycles. The molecule has 114 valence electrons. The van der Waals surface area contributed by atoms with E-state index in [2.05, 4.69) is 62.1 Å². The molecule has 2 aromatic heterocycles. The number of hydrogen-bond donors (Lipinski definition) is 0. The van der Waals surface area contributed by atoms with E-state index in [0.29, 0.717) is 6.04 Å². The van der Waals surface area contributed by atoms with Gasteiger partial charge in [-0.15, -0.1) is 0 Å². The molecule has 0 radical (unpaired) electrons. The first-order chi connectivity index (χ1) is 9.88. The van der Waals surface area contributed by atoms with Gasteiger partial charge in [-0.1, -0.05) is 20.8 Å². The van der Waals surface area contributed by atoms with Crippen LogP contribution in [0.25, 0.3) is 5.82 Å². The highest BCUT2D eigenvalue weighted by Crippen LogP contribution is 2.30. The van der Waals surface area contributed by atoms with E-state index < -0.39 is 0 Å². The van der Waals surface area contributed by atoms with E-state index >= 15 is 0 Å². The van der Waals surface area contributed by atoms with Crippen molar-refractivity contribution in [3.05, 3.63) is 35.3 Å². The Balaban J connectivity index is 2.12. The summed E-state index contributed by atoms with van der Waals surface area (Å²) in [5.41, 5.74) is 3.80. The summed E-state index contributed by atoms with van der Waals surface area (Å²) in [6.07, 6.45) is 1.05. The van der Waals surface area contributed by atoms with Crippen molar-refractivity contribution in [2.45, 2.75) is 52.5 Å². The molecule has 2 aromatic rings. The van der Waals surface area contributed by atoms with E-state index in [0.717, 1.165) is 25.5 Å². The van der Waals surface area contributed by atoms with Crippen LogP contribution in [-0.4, -0.2) is 27.6 Å². The van der Waals surface area contributed by atoms with Gasteiger partial charge in [0.2, 0.25) is 0 Å². The summed E-state index contributed by atoms with van der Waals surface area (Å²) in [7, 11) is 0.